The Bertz CT molecular complexity index is 1360. The first-order chi connectivity index (χ1) is 15.6. The second-order valence-electron chi connectivity index (χ2n) is 7.26. The Kier molecular flexibility index (Phi) is 5.18. The van der Waals surface area contributed by atoms with Crippen LogP contribution in [0.25, 0.3) is 44.9 Å². The topological polar surface area (TPSA) is 56.7 Å². The fraction of sp³-hybridized carbons (Fsp3) is 0.125. The molecule has 0 amide bonds. The van der Waals surface area contributed by atoms with Crippen molar-refractivity contribution in [1.29, 1.82) is 0 Å². The van der Waals surface area contributed by atoms with Gasteiger partial charge in [-0.25, -0.2) is 23.1 Å². The number of aryl methyl sites for hydroxylation is 1. The third-order valence-corrected chi connectivity index (χ3v) is 5.10. The van der Waals surface area contributed by atoms with Gasteiger partial charge in [0.05, 0.1) is 11.1 Å². The molecular weight excluding hydrogens is 417 g/mol. The summed E-state index contributed by atoms with van der Waals surface area (Å²) in [5.41, 5.74) is 3.64. The van der Waals surface area contributed by atoms with Gasteiger partial charge in [-0.05, 0) is 30.3 Å². The number of alkyl halides is 2. The van der Waals surface area contributed by atoms with E-state index in [1.54, 1.807) is 18.3 Å². The first kappa shape index (κ1) is 20.0. The quantitative estimate of drug-likeness (QED) is 0.319. The maximum Gasteiger partial charge on any atom is 0.240 e. The van der Waals surface area contributed by atoms with Crippen LogP contribution in [0.15, 0.2) is 77.6 Å². The van der Waals surface area contributed by atoms with Gasteiger partial charge in [-0.2, -0.15) is 5.10 Å². The summed E-state index contributed by atoms with van der Waals surface area (Å²) in [6, 6.07) is 17.3. The minimum Gasteiger partial charge on any atom is -0.438 e. The van der Waals surface area contributed by atoms with Crippen LogP contribution < -0.4 is 0 Å². The first-order valence-electron chi connectivity index (χ1n) is 10.0. The monoisotopic (exact) mass is 434 g/mol. The molecule has 0 fully saturated rings. The highest BCUT2D eigenvalue weighted by atomic mass is 19.3. The molecule has 0 radical (unpaired) electrons. The molecule has 0 N–H and O–H groups in total. The van der Waals surface area contributed by atoms with Crippen LogP contribution in [0.5, 0.6) is 0 Å². The van der Waals surface area contributed by atoms with Crippen molar-refractivity contribution in [2.24, 2.45) is 0 Å². The zero-order valence-electron chi connectivity index (χ0n) is 16.8. The number of halogens is 3. The van der Waals surface area contributed by atoms with E-state index in [2.05, 4.69) is 15.1 Å². The van der Waals surface area contributed by atoms with Gasteiger partial charge in [0.1, 0.15) is 23.6 Å². The van der Waals surface area contributed by atoms with Crippen LogP contribution >= 0.6 is 0 Å². The van der Waals surface area contributed by atoms with Crippen molar-refractivity contribution >= 4 is 11.1 Å². The molecule has 0 spiro atoms. The van der Waals surface area contributed by atoms with Gasteiger partial charge < -0.3 is 4.42 Å². The van der Waals surface area contributed by atoms with Crippen molar-refractivity contribution in [3.05, 3.63) is 79.0 Å². The average molecular weight is 434 g/mol. The molecule has 8 heteroatoms. The Morgan fingerprint density at radius 1 is 0.906 bits per heavy atom. The molecule has 160 valence electrons. The Hall–Kier alpha value is -3.94. The smallest absolute Gasteiger partial charge is 0.240 e. The molecule has 5 aromatic rings. The minimum absolute atomic E-state index is 0.0424. The van der Waals surface area contributed by atoms with E-state index in [-0.39, 0.29) is 18.8 Å². The van der Waals surface area contributed by atoms with Gasteiger partial charge in [0.15, 0.2) is 0 Å². The molecule has 3 aromatic heterocycles. The van der Waals surface area contributed by atoms with E-state index in [0.717, 1.165) is 5.56 Å². The first-order valence-corrected chi connectivity index (χ1v) is 10.0. The van der Waals surface area contributed by atoms with Crippen molar-refractivity contribution < 1.29 is 17.6 Å². The number of benzene rings is 2. The second kappa shape index (κ2) is 8.30. The van der Waals surface area contributed by atoms with Crippen LogP contribution in [0.4, 0.5) is 13.2 Å². The lowest BCUT2D eigenvalue weighted by Gasteiger charge is -2.03. The highest BCUT2D eigenvalue weighted by Crippen LogP contribution is 2.36. The van der Waals surface area contributed by atoms with Gasteiger partial charge >= 0.3 is 0 Å². The molecule has 0 aliphatic rings. The van der Waals surface area contributed by atoms with Crippen molar-refractivity contribution in [3.8, 4) is 33.8 Å². The third kappa shape index (κ3) is 3.87. The number of furan rings is 1. The lowest BCUT2D eigenvalue weighted by Crippen LogP contribution is -2.03. The van der Waals surface area contributed by atoms with Crippen molar-refractivity contribution in [2.75, 3.05) is 0 Å². The summed E-state index contributed by atoms with van der Waals surface area (Å²) in [7, 11) is 0. The number of hydrogen-bond donors (Lipinski definition) is 0. The standard InChI is InChI=1S/C24H17F3N4O/c25-17-8-6-16(7-9-17)22-19(13-31(30-22)11-10-21(26)27)23-18-12-20(15-4-2-1-3-5-15)32-24(18)29-14-28-23/h1-9,12-14,21H,10-11H2. The highest BCUT2D eigenvalue weighted by Gasteiger charge is 2.20. The van der Waals surface area contributed by atoms with E-state index in [9.17, 15) is 13.2 Å². The van der Waals surface area contributed by atoms with E-state index in [0.29, 0.717) is 39.4 Å². The fourth-order valence-electron chi connectivity index (χ4n) is 3.57. The highest BCUT2D eigenvalue weighted by molar-refractivity contribution is 5.95. The summed E-state index contributed by atoms with van der Waals surface area (Å²) >= 11 is 0. The van der Waals surface area contributed by atoms with Crippen LogP contribution in [0, 0.1) is 5.82 Å². The van der Waals surface area contributed by atoms with Gasteiger partial charge in [-0.1, -0.05) is 30.3 Å². The third-order valence-electron chi connectivity index (χ3n) is 5.10. The molecule has 2 aromatic carbocycles. The zero-order valence-corrected chi connectivity index (χ0v) is 16.8. The molecule has 0 unspecified atom stereocenters. The number of rotatable bonds is 6. The summed E-state index contributed by atoms with van der Waals surface area (Å²) in [6.07, 6.45) is 0.302. The summed E-state index contributed by atoms with van der Waals surface area (Å²) in [6.45, 7) is 0.0424. The van der Waals surface area contributed by atoms with Crippen LogP contribution in [0.1, 0.15) is 6.42 Å². The molecule has 0 saturated heterocycles. The Morgan fingerprint density at radius 2 is 1.69 bits per heavy atom. The fourth-order valence-corrected chi connectivity index (χ4v) is 3.57. The summed E-state index contributed by atoms with van der Waals surface area (Å²) < 4.78 is 46.4. The van der Waals surface area contributed by atoms with E-state index in [1.165, 1.54) is 23.1 Å². The Labute approximate surface area is 181 Å². The number of nitrogens with zero attached hydrogens (tertiary/aromatic N) is 4. The normalized spacial score (nSPS) is 11.5. The molecule has 5 rings (SSSR count). The van der Waals surface area contributed by atoms with Gasteiger partial charge in [-0.15, -0.1) is 0 Å². The van der Waals surface area contributed by atoms with Gasteiger partial charge in [-0.3, -0.25) is 4.68 Å². The molecule has 3 heterocycles. The second-order valence-corrected chi connectivity index (χ2v) is 7.26. The SMILES string of the molecule is Fc1ccc(-c2nn(CCC(F)F)cc2-c2ncnc3oc(-c4ccccc4)cc23)cc1. The van der Waals surface area contributed by atoms with Gasteiger partial charge in [0, 0.05) is 35.9 Å². The predicted octanol–water partition coefficient (Wildman–Crippen LogP) is 6.21. The van der Waals surface area contributed by atoms with E-state index < -0.39 is 6.43 Å². The molecule has 32 heavy (non-hydrogen) atoms. The average Bonchev–Trinajstić information content (AvgIpc) is 3.43. The van der Waals surface area contributed by atoms with Gasteiger partial charge in [0.2, 0.25) is 12.1 Å². The zero-order chi connectivity index (χ0) is 22.1. The van der Waals surface area contributed by atoms with Crippen molar-refractivity contribution in [1.82, 2.24) is 19.7 Å². The number of hydrogen-bond acceptors (Lipinski definition) is 4. The Morgan fingerprint density at radius 3 is 2.44 bits per heavy atom. The van der Waals surface area contributed by atoms with E-state index >= 15 is 0 Å². The maximum atomic E-state index is 13.5. The van der Waals surface area contributed by atoms with E-state index in [1.807, 2.05) is 36.4 Å². The molecule has 0 bridgehead atoms. The van der Waals surface area contributed by atoms with Crippen LogP contribution in [0.2, 0.25) is 0 Å². The number of aromatic nitrogens is 4. The number of fused-ring (bicyclic) bond motifs is 1. The van der Waals surface area contributed by atoms with Crippen LogP contribution in [0.3, 0.4) is 0 Å². The maximum absolute atomic E-state index is 13.5. The van der Waals surface area contributed by atoms with Crippen LogP contribution in [-0.2, 0) is 6.54 Å². The summed E-state index contributed by atoms with van der Waals surface area (Å²) in [5, 5.41) is 5.17. The van der Waals surface area contributed by atoms with E-state index in [4.69, 9.17) is 4.42 Å². The lowest BCUT2D eigenvalue weighted by atomic mass is 10.0. The molecular formula is C24H17F3N4O. The van der Waals surface area contributed by atoms with Crippen LogP contribution in [-0.4, -0.2) is 26.2 Å². The molecule has 0 atom stereocenters. The summed E-state index contributed by atoms with van der Waals surface area (Å²) in [4.78, 5) is 8.69. The summed E-state index contributed by atoms with van der Waals surface area (Å²) in [5.74, 6) is 0.259. The molecule has 0 saturated carbocycles. The lowest BCUT2D eigenvalue weighted by molar-refractivity contribution is 0.130. The minimum atomic E-state index is -2.44. The van der Waals surface area contributed by atoms with Gasteiger partial charge in [0.25, 0.3) is 0 Å². The molecule has 0 aliphatic heterocycles. The largest absolute Gasteiger partial charge is 0.438 e. The predicted molar refractivity (Wildman–Crippen MR) is 114 cm³/mol. The Balaban J connectivity index is 1.66. The van der Waals surface area contributed by atoms with Crippen molar-refractivity contribution in [3.63, 3.8) is 0 Å². The van der Waals surface area contributed by atoms with Crippen molar-refractivity contribution in [2.45, 2.75) is 19.4 Å². The molecule has 0 aliphatic carbocycles. The molecule has 5 nitrogen and oxygen atoms in total.